The maximum atomic E-state index is 9.28. The van der Waals surface area contributed by atoms with Crippen LogP contribution in [-0.2, 0) is 11.2 Å². The summed E-state index contributed by atoms with van der Waals surface area (Å²) in [6, 6.07) is 8.00. The maximum Gasteiger partial charge on any atom is 0.115 e. The lowest BCUT2D eigenvalue weighted by Gasteiger charge is -2.52. The molecular formula is C18H29NO2. The van der Waals surface area contributed by atoms with Crippen molar-refractivity contribution in [2.75, 3.05) is 13.2 Å². The van der Waals surface area contributed by atoms with Gasteiger partial charge in [0.15, 0.2) is 0 Å². The zero-order valence-corrected chi connectivity index (χ0v) is 13.7. The SMILES string of the molecule is CC(C)COC1CC(NCCc2ccc(O)cc2)C1(C)C. The van der Waals surface area contributed by atoms with Crippen molar-refractivity contribution < 1.29 is 9.84 Å². The van der Waals surface area contributed by atoms with Crippen LogP contribution in [0.1, 0.15) is 39.7 Å². The molecule has 1 fully saturated rings. The fourth-order valence-corrected chi connectivity index (χ4v) is 2.88. The first-order valence-electron chi connectivity index (χ1n) is 8.02. The van der Waals surface area contributed by atoms with E-state index in [1.807, 2.05) is 12.1 Å². The molecule has 118 valence electrons. The first kappa shape index (κ1) is 16.3. The third-order valence-electron chi connectivity index (χ3n) is 4.55. The molecule has 0 aliphatic heterocycles. The van der Waals surface area contributed by atoms with E-state index in [9.17, 15) is 5.11 Å². The summed E-state index contributed by atoms with van der Waals surface area (Å²) < 4.78 is 5.99. The Kier molecular flexibility index (Phi) is 5.28. The number of hydrogen-bond donors (Lipinski definition) is 2. The molecule has 2 atom stereocenters. The average molecular weight is 291 g/mol. The Balaban J connectivity index is 1.71. The van der Waals surface area contributed by atoms with Crippen LogP contribution in [0.3, 0.4) is 0 Å². The van der Waals surface area contributed by atoms with Crippen molar-refractivity contribution in [1.29, 1.82) is 0 Å². The standard InChI is InChI=1S/C18H29NO2/c1-13(2)12-21-17-11-16(18(17,3)4)19-10-9-14-5-7-15(20)8-6-14/h5-8,13,16-17,19-20H,9-12H2,1-4H3. The molecule has 0 bridgehead atoms. The molecule has 1 saturated carbocycles. The number of benzene rings is 1. The van der Waals surface area contributed by atoms with Gasteiger partial charge in [-0.15, -0.1) is 0 Å². The second-order valence-corrected chi connectivity index (χ2v) is 7.20. The molecule has 1 aliphatic rings. The van der Waals surface area contributed by atoms with Gasteiger partial charge in [-0.05, 0) is 43.0 Å². The van der Waals surface area contributed by atoms with Crippen molar-refractivity contribution in [1.82, 2.24) is 5.32 Å². The highest BCUT2D eigenvalue weighted by atomic mass is 16.5. The molecule has 1 aromatic rings. The van der Waals surface area contributed by atoms with Gasteiger partial charge in [0, 0.05) is 18.1 Å². The Hall–Kier alpha value is -1.06. The fourth-order valence-electron chi connectivity index (χ4n) is 2.88. The van der Waals surface area contributed by atoms with Gasteiger partial charge in [0.25, 0.3) is 0 Å². The smallest absolute Gasteiger partial charge is 0.115 e. The van der Waals surface area contributed by atoms with Gasteiger partial charge in [-0.1, -0.05) is 39.8 Å². The van der Waals surface area contributed by atoms with Crippen LogP contribution in [0, 0.1) is 11.3 Å². The largest absolute Gasteiger partial charge is 0.508 e. The highest BCUT2D eigenvalue weighted by Gasteiger charge is 2.48. The summed E-state index contributed by atoms with van der Waals surface area (Å²) >= 11 is 0. The van der Waals surface area contributed by atoms with Crippen LogP contribution >= 0.6 is 0 Å². The maximum absolute atomic E-state index is 9.28. The van der Waals surface area contributed by atoms with E-state index < -0.39 is 0 Å². The van der Waals surface area contributed by atoms with E-state index in [1.165, 1.54) is 5.56 Å². The number of phenolic OH excluding ortho intramolecular Hbond substituents is 1. The molecule has 0 aromatic heterocycles. The minimum Gasteiger partial charge on any atom is -0.508 e. The normalized spacial score (nSPS) is 24.0. The molecule has 3 heteroatoms. The molecule has 3 nitrogen and oxygen atoms in total. The van der Waals surface area contributed by atoms with Crippen molar-refractivity contribution in [3.8, 4) is 5.75 Å². The second kappa shape index (κ2) is 6.80. The number of phenols is 1. The molecule has 21 heavy (non-hydrogen) atoms. The highest BCUT2D eigenvalue weighted by molar-refractivity contribution is 5.26. The van der Waals surface area contributed by atoms with Crippen LogP contribution in [0.4, 0.5) is 0 Å². The lowest BCUT2D eigenvalue weighted by atomic mass is 9.64. The molecule has 0 heterocycles. The Morgan fingerprint density at radius 2 is 1.95 bits per heavy atom. The molecule has 0 spiro atoms. The predicted molar refractivity (Wildman–Crippen MR) is 86.6 cm³/mol. The Bertz CT molecular complexity index is 439. The van der Waals surface area contributed by atoms with Crippen LogP contribution in [0.15, 0.2) is 24.3 Å². The minimum absolute atomic E-state index is 0.212. The molecule has 0 saturated heterocycles. The molecule has 2 unspecified atom stereocenters. The zero-order valence-electron chi connectivity index (χ0n) is 13.7. The summed E-state index contributed by atoms with van der Waals surface area (Å²) in [6.45, 7) is 10.8. The monoisotopic (exact) mass is 291 g/mol. The number of hydrogen-bond acceptors (Lipinski definition) is 3. The summed E-state index contributed by atoms with van der Waals surface area (Å²) in [5.74, 6) is 0.930. The van der Waals surface area contributed by atoms with E-state index in [0.717, 1.165) is 26.0 Å². The van der Waals surface area contributed by atoms with E-state index >= 15 is 0 Å². The molecular weight excluding hydrogens is 262 g/mol. The Labute approximate surface area is 128 Å². The van der Waals surface area contributed by atoms with E-state index in [1.54, 1.807) is 12.1 Å². The molecule has 2 rings (SSSR count). The summed E-state index contributed by atoms with van der Waals surface area (Å²) in [5, 5.41) is 12.9. The molecule has 0 radical (unpaired) electrons. The van der Waals surface area contributed by atoms with E-state index in [0.29, 0.717) is 23.8 Å². The van der Waals surface area contributed by atoms with Crippen molar-refractivity contribution in [3.63, 3.8) is 0 Å². The summed E-state index contributed by atoms with van der Waals surface area (Å²) in [4.78, 5) is 0. The molecule has 0 amide bonds. The van der Waals surface area contributed by atoms with E-state index in [4.69, 9.17) is 4.74 Å². The van der Waals surface area contributed by atoms with Crippen molar-refractivity contribution in [2.45, 2.75) is 52.7 Å². The van der Waals surface area contributed by atoms with Gasteiger partial charge in [0.05, 0.1) is 6.10 Å². The first-order chi connectivity index (χ1) is 9.89. The average Bonchev–Trinajstić information content (AvgIpc) is 2.42. The zero-order chi connectivity index (χ0) is 15.5. The van der Waals surface area contributed by atoms with Gasteiger partial charge in [-0.25, -0.2) is 0 Å². The third-order valence-corrected chi connectivity index (χ3v) is 4.55. The third kappa shape index (κ3) is 4.21. The lowest BCUT2D eigenvalue weighted by Crippen LogP contribution is -2.61. The van der Waals surface area contributed by atoms with Crippen LogP contribution < -0.4 is 5.32 Å². The lowest BCUT2D eigenvalue weighted by molar-refractivity contribution is -0.123. The number of rotatable bonds is 7. The quantitative estimate of drug-likeness (QED) is 0.809. The van der Waals surface area contributed by atoms with Gasteiger partial charge < -0.3 is 15.2 Å². The number of ether oxygens (including phenoxy) is 1. The summed E-state index contributed by atoms with van der Waals surface area (Å²) in [6.07, 6.45) is 2.48. The van der Waals surface area contributed by atoms with Gasteiger partial charge in [-0.2, -0.15) is 0 Å². The first-order valence-corrected chi connectivity index (χ1v) is 8.02. The predicted octanol–water partition coefficient (Wildman–Crippen LogP) is 3.36. The van der Waals surface area contributed by atoms with E-state index in [2.05, 4.69) is 33.0 Å². The molecule has 2 N–H and O–H groups in total. The topological polar surface area (TPSA) is 41.5 Å². The molecule has 1 aliphatic carbocycles. The van der Waals surface area contributed by atoms with Crippen molar-refractivity contribution >= 4 is 0 Å². The van der Waals surface area contributed by atoms with Gasteiger partial charge in [0.2, 0.25) is 0 Å². The van der Waals surface area contributed by atoms with Crippen LogP contribution in [0.2, 0.25) is 0 Å². The molecule has 1 aromatic carbocycles. The van der Waals surface area contributed by atoms with Crippen LogP contribution in [-0.4, -0.2) is 30.4 Å². The Morgan fingerprint density at radius 1 is 1.29 bits per heavy atom. The second-order valence-electron chi connectivity index (χ2n) is 7.20. The fraction of sp³-hybridized carbons (Fsp3) is 0.667. The number of nitrogens with one attached hydrogen (secondary N) is 1. The summed E-state index contributed by atoms with van der Waals surface area (Å²) in [7, 11) is 0. The van der Waals surface area contributed by atoms with E-state index in [-0.39, 0.29) is 5.41 Å². The van der Waals surface area contributed by atoms with Crippen molar-refractivity contribution in [2.24, 2.45) is 11.3 Å². The Morgan fingerprint density at radius 3 is 2.52 bits per heavy atom. The van der Waals surface area contributed by atoms with Crippen LogP contribution in [0.5, 0.6) is 5.75 Å². The summed E-state index contributed by atoms with van der Waals surface area (Å²) in [5.41, 5.74) is 1.47. The van der Waals surface area contributed by atoms with Crippen molar-refractivity contribution in [3.05, 3.63) is 29.8 Å². The van der Waals surface area contributed by atoms with Gasteiger partial charge in [0.1, 0.15) is 5.75 Å². The number of aromatic hydroxyl groups is 1. The minimum atomic E-state index is 0.212. The highest BCUT2D eigenvalue weighted by Crippen LogP contribution is 2.42. The van der Waals surface area contributed by atoms with Gasteiger partial charge >= 0.3 is 0 Å². The van der Waals surface area contributed by atoms with Crippen LogP contribution in [0.25, 0.3) is 0 Å². The van der Waals surface area contributed by atoms with Gasteiger partial charge in [-0.3, -0.25) is 0 Å².